The van der Waals surface area contributed by atoms with E-state index < -0.39 is 6.04 Å². The first-order chi connectivity index (χ1) is 21.2. The van der Waals surface area contributed by atoms with Crippen LogP contribution in [0.5, 0.6) is 0 Å². The molecule has 1 unspecified atom stereocenters. The number of imidazole rings is 1. The van der Waals surface area contributed by atoms with E-state index in [2.05, 4.69) is 48.6 Å². The van der Waals surface area contributed by atoms with Crippen LogP contribution in [0.4, 0.5) is 10.5 Å². The van der Waals surface area contributed by atoms with E-state index in [0.717, 1.165) is 45.4 Å². The fraction of sp³-hybridized carbons (Fsp3) is 0.312. The predicted octanol–water partition coefficient (Wildman–Crippen LogP) is 5.88. The Balaban J connectivity index is 1.29. The number of aromatic nitrogens is 3. The number of carbonyl (C=O) groups excluding carboxylic acids is 2. The number of nitrogens with one attached hydrogen (secondary N) is 2. The number of amides is 3. The number of pyridine rings is 1. The van der Waals surface area contributed by atoms with Gasteiger partial charge < -0.3 is 20.1 Å². The summed E-state index contributed by atoms with van der Waals surface area (Å²) < 4.78 is 2.86. The van der Waals surface area contributed by atoms with Gasteiger partial charge in [0.25, 0.3) is 0 Å². The van der Waals surface area contributed by atoms with Crippen LogP contribution in [0.2, 0.25) is 10.0 Å². The number of fused-ring (bicyclic) bond motifs is 2. The summed E-state index contributed by atoms with van der Waals surface area (Å²) in [7, 11) is 0. The van der Waals surface area contributed by atoms with Crippen molar-refractivity contribution in [1.29, 1.82) is 0 Å². The largest absolute Gasteiger partial charge is 0.352 e. The highest BCUT2D eigenvalue weighted by atomic mass is 79.9. The Morgan fingerprint density at radius 2 is 1.77 bits per heavy atom. The minimum Gasteiger partial charge on any atom is -0.352 e. The molecule has 0 radical (unpaired) electrons. The van der Waals surface area contributed by atoms with Crippen molar-refractivity contribution in [3.05, 3.63) is 110 Å². The minimum absolute atomic E-state index is 0.196. The van der Waals surface area contributed by atoms with Gasteiger partial charge in [-0.1, -0.05) is 29.3 Å². The number of halogens is 3. The monoisotopic (exact) mass is 695 g/mol. The van der Waals surface area contributed by atoms with Gasteiger partial charge in [0.05, 0.1) is 23.8 Å². The van der Waals surface area contributed by atoms with Crippen molar-refractivity contribution in [2.45, 2.75) is 38.4 Å². The summed E-state index contributed by atoms with van der Waals surface area (Å²) in [5.74, 6) is -0.216. The normalized spacial score (nSPS) is 18.2. The topological polar surface area (TPSA) is 95.4 Å². The number of benzene rings is 2. The lowest BCUT2D eigenvalue weighted by Crippen LogP contribution is -2.62. The highest BCUT2D eigenvalue weighted by molar-refractivity contribution is 9.10. The molecule has 2 aliphatic rings. The molecular formula is C32H32BrCl2N7O2. The van der Waals surface area contributed by atoms with Crippen molar-refractivity contribution in [1.82, 2.24) is 29.7 Å². The lowest BCUT2D eigenvalue weighted by molar-refractivity contribution is -0.127. The molecular weight excluding hydrogens is 665 g/mol. The molecule has 228 valence electrons. The molecule has 12 heteroatoms. The molecule has 3 heterocycles. The summed E-state index contributed by atoms with van der Waals surface area (Å²) in [4.78, 5) is 40.5. The van der Waals surface area contributed by atoms with Gasteiger partial charge in [-0.15, -0.1) is 0 Å². The van der Waals surface area contributed by atoms with Gasteiger partial charge in [0.2, 0.25) is 5.91 Å². The summed E-state index contributed by atoms with van der Waals surface area (Å²) in [6.07, 6.45) is 7.16. The van der Waals surface area contributed by atoms with Crippen LogP contribution < -0.4 is 10.6 Å². The van der Waals surface area contributed by atoms with Crippen molar-refractivity contribution >= 4 is 56.8 Å². The van der Waals surface area contributed by atoms with Crippen LogP contribution in [0.15, 0.2) is 71.7 Å². The van der Waals surface area contributed by atoms with Crippen molar-refractivity contribution in [3.63, 3.8) is 0 Å². The molecule has 1 aliphatic carbocycles. The maximum Gasteiger partial charge on any atom is 0.322 e. The van der Waals surface area contributed by atoms with Crippen molar-refractivity contribution in [3.8, 4) is 0 Å². The van der Waals surface area contributed by atoms with Gasteiger partial charge in [-0.3, -0.25) is 14.7 Å². The minimum atomic E-state index is -0.738. The molecule has 4 aromatic rings. The Morgan fingerprint density at radius 3 is 2.55 bits per heavy atom. The number of nitrogens with zero attached hydrogens (tertiary/aromatic N) is 5. The molecule has 2 aromatic heterocycles. The van der Waals surface area contributed by atoms with E-state index in [1.165, 1.54) is 0 Å². The Kier molecular flexibility index (Phi) is 9.23. The fourth-order valence-electron chi connectivity index (χ4n) is 6.04. The number of urea groups is 1. The van der Waals surface area contributed by atoms with E-state index in [-0.39, 0.29) is 18.0 Å². The summed E-state index contributed by atoms with van der Waals surface area (Å²) in [5.41, 5.74) is 5.91. The number of hydrogen-bond donors (Lipinski definition) is 2. The molecule has 2 aromatic carbocycles. The van der Waals surface area contributed by atoms with Crippen LogP contribution in [-0.2, 0) is 24.2 Å². The van der Waals surface area contributed by atoms with E-state index in [4.69, 9.17) is 28.2 Å². The van der Waals surface area contributed by atoms with Gasteiger partial charge in [-0.25, -0.2) is 9.78 Å². The zero-order chi connectivity index (χ0) is 30.8. The molecule has 0 spiro atoms. The molecule has 1 fully saturated rings. The van der Waals surface area contributed by atoms with Crippen LogP contribution in [-0.4, -0.2) is 68.5 Å². The third-order valence-corrected chi connectivity index (χ3v) is 9.08. The van der Waals surface area contributed by atoms with E-state index in [9.17, 15) is 9.59 Å². The number of anilines is 1. The summed E-state index contributed by atoms with van der Waals surface area (Å²) >= 11 is 16.1. The Bertz CT molecular complexity index is 1630. The number of carbonyl (C=O) groups is 2. The standard InChI is InChI=1S/C32H32BrCl2N7O2/c1-20-17-40(19-38-20)11-10-36-31(43)28-18-41(12-13-42(28)32(44)39-26-7-4-24(34)5-8-26)30-27-9-6-25(35)15-21(27)2-3-22-14-23(33)16-37-29(22)30/h4-9,14-17,19,28,30H,2-3,10-13,18H2,1H3,(H,36,43)(H,39,44)/t28-,30?/m1/s1. The van der Waals surface area contributed by atoms with Gasteiger partial charge in [0.1, 0.15) is 6.04 Å². The second-order valence-electron chi connectivity index (χ2n) is 11.1. The Hall–Kier alpha value is -3.44. The van der Waals surface area contributed by atoms with Crippen LogP contribution in [0.1, 0.15) is 34.1 Å². The van der Waals surface area contributed by atoms with Crippen LogP contribution in [0.3, 0.4) is 0 Å². The van der Waals surface area contributed by atoms with Gasteiger partial charge in [0.15, 0.2) is 0 Å². The maximum atomic E-state index is 13.8. The van der Waals surface area contributed by atoms with Crippen molar-refractivity contribution in [2.75, 3.05) is 31.5 Å². The molecule has 3 amide bonds. The van der Waals surface area contributed by atoms with Crippen LogP contribution in [0, 0.1) is 6.92 Å². The SMILES string of the molecule is Cc1cn(CCNC(=O)[C@H]2CN(C3c4ccc(Cl)cc4CCc4cc(Br)cnc43)CCN2C(=O)Nc2ccc(Cl)cc2)cn1. The number of piperazine rings is 1. The van der Waals surface area contributed by atoms with Crippen molar-refractivity contribution in [2.24, 2.45) is 0 Å². The molecule has 0 bridgehead atoms. The molecule has 2 atom stereocenters. The smallest absolute Gasteiger partial charge is 0.322 e. The average Bonchev–Trinajstić information content (AvgIpc) is 3.36. The summed E-state index contributed by atoms with van der Waals surface area (Å²) in [6.45, 7) is 4.13. The average molecular weight is 697 g/mol. The zero-order valence-electron chi connectivity index (χ0n) is 24.1. The second-order valence-corrected chi connectivity index (χ2v) is 12.9. The van der Waals surface area contributed by atoms with Gasteiger partial charge >= 0.3 is 6.03 Å². The molecule has 6 rings (SSSR count). The predicted molar refractivity (Wildman–Crippen MR) is 175 cm³/mol. The lowest BCUT2D eigenvalue weighted by atomic mass is 9.95. The highest BCUT2D eigenvalue weighted by Crippen LogP contribution is 2.38. The lowest BCUT2D eigenvalue weighted by Gasteiger charge is -2.43. The van der Waals surface area contributed by atoms with E-state index in [0.29, 0.717) is 48.5 Å². The van der Waals surface area contributed by atoms with Crippen molar-refractivity contribution < 1.29 is 9.59 Å². The summed E-state index contributed by atoms with van der Waals surface area (Å²) in [6, 6.07) is 13.8. The first kappa shape index (κ1) is 30.6. The fourth-order valence-corrected chi connectivity index (χ4v) is 6.74. The molecule has 0 saturated carbocycles. The number of aryl methyl sites for hydroxylation is 3. The Morgan fingerprint density at radius 1 is 1.00 bits per heavy atom. The van der Waals surface area contributed by atoms with E-state index >= 15 is 0 Å². The molecule has 9 nitrogen and oxygen atoms in total. The quantitative estimate of drug-likeness (QED) is 0.263. The zero-order valence-corrected chi connectivity index (χ0v) is 27.2. The van der Waals surface area contributed by atoms with Crippen LogP contribution >= 0.6 is 39.1 Å². The van der Waals surface area contributed by atoms with E-state index in [1.807, 2.05) is 36.0 Å². The summed E-state index contributed by atoms with van der Waals surface area (Å²) in [5, 5.41) is 7.27. The number of hydrogen-bond acceptors (Lipinski definition) is 5. The third-order valence-electron chi connectivity index (χ3n) is 8.16. The van der Waals surface area contributed by atoms with Gasteiger partial charge in [-0.05, 0) is 94.9 Å². The maximum absolute atomic E-state index is 13.8. The first-order valence-corrected chi connectivity index (χ1v) is 16.1. The molecule has 1 aliphatic heterocycles. The molecule has 44 heavy (non-hydrogen) atoms. The second kappa shape index (κ2) is 13.3. The third kappa shape index (κ3) is 6.78. The highest BCUT2D eigenvalue weighted by Gasteiger charge is 2.40. The van der Waals surface area contributed by atoms with Gasteiger partial charge in [-0.2, -0.15) is 0 Å². The first-order valence-electron chi connectivity index (χ1n) is 14.5. The van der Waals surface area contributed by atoms with E-state index in [1.54, 1.807) is 35.5 Å². The van der Waals surface area contributed by atoms with Crippen LogP contribution in [0.25, 0.3) is 0 Å². The molecule has 2 N–H and O–H groups in total. The number of rotatable bonds is 6. The molecule has 1 saturated heterocycles. The Labute approximate surface area is 274 Å². The van der Waals surface area contributed by atoms with Gasteiger partial charge in [0, 0.05) is 65.3 Å².